The van der Waals surface area contributed by atoms with Crippen molar-refractivity contribution in [2.24, 2.45) is 0 Å². The third kappa shape index (κ3) is 2.51. The van der Waals surface area contributed by atoms with Crippen molar-refractivity contribution in [2.75, 3.05) is 12.8 Å². The molecule has 2 aromatic rings. The second kappa shape index (κ2) is 4.91. The molecule has 1 amide bonds. The standard InChI is InChI=1S/C13H15N3O2/c1-9-7-12(15-18-9)13(17)16(2)8-10-5-3-4-6-11(10)14/h3-7H,8,14H2,1-2H3. The molecule has 18 heavy (non-hydrogen) atoms. The number of amides is 1. The van der Waals surface area contributed by atoms with Crippen molar-refractivity contribution in [1.29, 1.82) is 0 Å². The fourth-order valence-electron chi connectivity index (χ4n) is 1.67. The molecule has 1 aromatic heterocycles. The average Bonchev–Trinajstić information content (AvgIpc) is 2.78. The van der Waals surface area contributed by atoms with Crippen molar-refractivity contribution in [3.05, 3.63) is 47.3 Å². The number of nitrogens with zero attached hydrogens (tertiary/aromatic N) is 2. The summed E-state index contributed by atoms with van der Waals surface area (Å²) in [5, 5.41) is 3.70. The lowest BCUT2D eigenvalue weighted by Crippen LogP contribution is -2.26. The first-order valence-electron chi connectivity index (χ1n) is 5.60. The van der Waals surface area contributed by atoms with Crippen LogP contribution in [0, 0.1) is 6.92 Å². The van der Waals surface area contributed by atoms with Crippen LogP contribution in [0.5, 0.6) is 0 Å². The van der Waals surface area contributed by atoms with Crippen molar-refractivity contribution in [2.45, 2.75) is 13.5 Å². The fraction of sp³-hybridized carbons (Fsp3) is 0.231. The van der Waals surface area contributed by atoms with E-state index in [1.54, 1.807) is 24.9 Å². The zero-order valence-electron chi connectivity index (χ0n) is 10.4. The monoisotopic (exact) mass is 245 g/mol. The minimum absolute atomic E-state index is 0.185. The van der Waals surface area contributed by atoms with Gasteiger partial charge in [-0.3, -0.25) is 4.79 Å². The van der Waals surface area contributed by atoms with E-state index in [1.165, 1.54) is 0 Å². The maximum absolute atomic E-state index is 12.0. The molecule has 0 fully saturated rings. The van der Waals surface area contributed by atoms with Crippen molar-refractivity contribution >= 4 is 11.6 Å². The van der Waals surface area contributed by atoms with Gasteiger partial charge in [0.15, 0.2) is 5.69 Å². The maximum Gasteiger partial charge on any atom is 0.276 e. The first-order chi connectivity index (χ1) is 8.58. The number of benzene rings is 1. The second-order valence-electron chi connectivity index (χ2n) is 4.18. The summed E-state index contributed by atoms with van der Waals surface area (Å²) in [6.45, 7) is 2.19. The molecular weight excluding hydrogens is 230 g/mol. The number of carbonyl (C=O) groups is 1. The van der Waals surface area contributed by atoms with E-state index in [0.29, 0.717) is 23.7 Å². The fourth-order valence-corrected chi connectivity index (χ4v) is 1.67. The summed E-state index contributed by atoms with van der Waals surface area (Å²) in [7, 11) is 1.71. The van der Waals surface area contributed by atoms with Crippen LogP contribution in [0.15, 0.2) is 34.9 Å². The Morgan fingerprint density at radius 1 is 1.44 bits per heavy atom. The minimum atomic E-state index is -0.185. The van der Waals surface area contributed by atoms with Gasteiger partial charge in [0.05, 0.1) is 0 Å². The van der Waals surface area contributed by atoms with E-state index in [1.807, 2.05) is 24.3 Å². The van der Waals surface area contributed by atoms with Gasteiger partial charge in [0.1, 0.15) is 5.76 Å². The van der Waals surface area contributed by atoms with Crippen LogP contribution in [-0.4, -0.2) is 23.0 Å². The van der Waals surface area contributed by atoms with E-state index in [4.69, 9.17) is 10.3 Å². The van der Waals surface area contributed by atoms with Gasteiger partial charge in [-0.15, -0.1) is 0 Å². The van der Waals surface area contributed by atoms with E-state index < -0.39 is 0 Å². The van der Waals surface area contributed by atoms with Gasteiger partial charge in [-0.1, -0.05) is 23.4 Å². The Bertz CT molecular complexity index is 563. The largest absolute Gasteiger partial charge is 0.398 e. The number of para-hydroxylation sites is 1. The van der Waals surface area contributed by atoms with Crippen molar-refractivity contribution in [3.63, 3.8) is 0 Å². The highest BCUT2D eigenvalue weighted by molar-refractivity contribution is 5.92. The topological polar surface area (TPSA) is 72.4 Å². The highest BCUT2D eigenvalue weighted by atomic mass is 16.5. The van der Waals surface area contributed by atoms with Gasteiger partial charge in [-0.05, 0) is 18.6 Å². The molecule has 0 unspecified atom stereocenters. The SMILES string of the molecule is Cc1cc(C(=O)N(C)Cc2ccccc2N)no1. The number of aryl methyl sites for hydroxylation is 1. The average molecular weight is 245 g/mol. The van der Waals surface area contributed by atoms with Gasteiger partial charge >= 0.3 is 0 Å². The Kier molecular flexibility index (Phi) is 3.32. The third-order valence-corrected chi connectivity index (χ3v) is 2.66. The Labute approximate surface area is 105 Å². The van der Waals surface area contributed by atoms with Gasteiger partial charge in [0, 0.05) is 25.3 Å². The smallest absolute Gasteiger partial charge is 0.276 e. The predicted octanol–water partition coefficient (Wildman–Crippen LogP) is 1.84. The zero-order chi connectivity index (χ0) is 13.1. The van der Waals surface area contributed by atoms with Crippen LogP contribution >= 0.6 is 0 Å². The van der Waals surface area contributed by atoms with Gasteiger partial charge < -0.3 is 15.2 Å². The summed E-state index contributed by atoms with van der Waals surface area (Å²) in [6, 6.07) is 9.08. The van der Waals surface area contributed by atoms with Crippen LogP contribution in [0.2, 0.25) is 0 Å². The van der Waals surface area contributed by atoms with E-state index in [2.05, 4.69) is 5.16 Å². The molecule has 0 saturated heterocycles. The quantitative estimate of drug-likeness (QED) is 0.837. The summed E-state index contributed by atoms with van der Waals surface area (Å²) >= 11 is 0. The number of anilines is 1. The highest BCUT2D eigenvalue weighted by Gasteiger charge is 2.16. The lowest BCUT2D eigenvalue weighted by atomic mass is 10.1. The van der Waals surface area contributed by atoms with Crippen LogP contribution in [0.3, 0.4) is 0 Å². The summed E-state index contributed by atoms with van der Waals surface area (Å²) in [6.07, 6.45) is 0. The Hall–Kier alpha value is -2.30. The second-order valence-corrected chi connectivity index (χ2v) is 4.18. The molecule has 5 nitrogen and oxygen atoms in total. The first kappa shape index (κ1) is 12.2. The number of nitrogen functional groups attached to an aromatic ring is 1. The van der Waals surface area contributed by atoms with Gasteiger partial charge in [0.25, 0.3) is 5.91 Å². The molecule has 0 bridgehead atoms. The predicted molar refractivity (Wildman–Crippen MR) is 67.9 cm³/mol. The normalized spacial score (nSPS) is 10.3. The highest BCUT2D eigenvalue weighted by Crippen LogP contribution is 2.14. The zero-order valence-corrected chi connectivity index (χ0v) is 10.4. The third-order valence-electron chi connectivity index (χ3n) is 2.66. The van der Waals surface area contributed by atoms with Crippen molar-refractivity contribution in [3.8, 4) is 0 Å². The summed E-state index contributed by atoms with van der Waals surface area (Å²) in [4.78, 5) is 13.6. The van der Waals surface area contributed by atoms with Crippen LogP contribution in [-0.2, 0) is 6.54 Å². The maximum atomic E-state index is 12.0. The number of hydrogen-bond donors (Lipinski definition) is 1. The van der Waals surface area contributed by atoms with Crippen molar-refractivity contribution < 1.29 is 9.32 Å². The molecular formula is C13H15N3O2. The minimum Gasteiger partial charge on any atom is -0.398 e. The molecule has 0 saturated carbocycles. The lowest BCUT2D eigenvalue weighted by molar-refractivity contribution is 0.0775. The number of nitrogens with two attached hydrogens (primary N) is 1. The molecule has 2 rings (SSSR count). The molecule has 94 valence electrons. The summed E-state index contributed by atoms with van der Waals surface area (Å²) < 4.78 is 4.89. The molecule has 0 aliphatic heterocycles. The molecule has 1 heterocycles. The van der Waals surface area contributed by atoms with E-state index in [-0.39, 0.29) is 5.91 Å². The van der Waals surface area contributed by atoms with Crippen LogP contribution in [0.1, 0.15) is 21.8 Å². The molecule has 0 aliphatic rings. The van der Waals surface area contributed by atoms with Crippen LogP contribution in [0.25, 0.3) is 0 Å². The van der Waals surface area contributed by atoms with Gasteiger partial charge in [0.2, 0.25) is 0 Å². The van der Waals surface area contributed by atoms with Crippen molar-refractivity contribution in [1.82, 2.24) is 10.1 Å². The lowest BCUT2D eigenvalue weighted by Gasteiger charge is -2.16. The van der Waals surface area contributed by atoms with E-state index >= 15 is 0 Å². The number of rotatable bonds is 3. The molecule has 2 N–H and O–H groups in total. The number of aromatic nitrogens is 1. The molecule has 0 aliphatic carbocycles. The Balaban J connectivity index is 2.11. The van der Waals surface area contributed by atoms with E-state index in [9.17, 15) is 4.79 Å². The Morgan fingerprint density at radius 3 is 2.78 bits per heavy atom. The first-order valence-corrected chi connectivity index (χ1v) is 5.60. The molecule has 0 spiro atoms. The molecule has 0 radical (unpaired) electrons. The summed E-state index contributed by atoms with van der Waals surface area (Å²) in [5.41, 5.74) is 7.73. The van der Waals surface area contributed by atoms with Crippen LogP contribution in [0.4, 0.5) is 5.69 Å². The Morgan fingerprint density at radius 2 is 2.17 bits per heavy atom. The number of hydrogen-bond acceptors (Lipinski definition) is 4. The molecule has 1 aromatic carbocycles. The van der Waals surface area contributed by atoms with Gasteiger partial charge in [-0.25, -0.2) is 0 Å². The molecule has 0 atom stereocenters. The molecule has 5 heteroatoms. The number of carbonyl (C=O) groups excluding carboxylic acids is 1. The van der Waals surface area contributed by atoms with Crippen LogP contribution < -0.4 is 5.73 Å². The summed E-state index contributed by atoms with van der Waals surface area (Å²) in [5.74, 6) is 0.432. The van der Waals surface area contributed by atoms with E-state index in [0.717, 1.165) is 5.56 Å². The van der Waals surface area contributed by atoms with Gasteiger partial charge in [-0.2, -0.15) is 0 Å².